The fourth-order valence-corrected chi connectivity index (χ4v) is 11.4. The fourth-order valence-electron chi connectivity index (χ4n) is 10.9. The second-order valence-electron chi connectivity index (χ2n) is 16.0. The second-order valence-corrected chi connectivity index (χ2v) is 17.1. The van der Waals surface area contributed by atoms with Crippen molar-refractivity contribution in [1.82, 2.24) is 0 Å². The summed E-state index contributed by atoms with van der Waals surface area (Å²) in [5.41, 5.74) is -2.13. The van der Waals surface area contributed by atoms with Gasteiger partial charge in [0.2, 0.25) is 0 Å². The Morgan fingerprint density at radius 1 is 0.889 bits per heavy atom. The molecule has 1 aliphatic heterocycles. The van der Waals surface area contributed by atoms with Gasteiger partial charge in [-0.15, -0.1) is 0 Å². The van der Waals surface area contributed by atoms with Crippen LogP contribution < -0.4 is 0 Å². The molecule has 13 heteroatoms. The number of hydrogen-bond donors (Lipinski definition) is 7. The van der Waals surface area contributed by atoms with Crippen molar-refractivity contribution in [3.05, 3.63) is 0 Å². The molecule has 16 atom stereocenters. The third-order valence-corrected chi connectivity index (χ3v) is 13.6. The molecule has 12 nitrogen and oxygen atoms in total. The minimum Gasteiger partial charge on any atom is -0.393 e. The van der Waals surface area contributed by atoms with Crippen molar-refractivity contribution in [2.75, 3.05) is 6.61 Å². The molecule has 262 valence electrons. The summed E-state index contributed by atoms with van der Waals surface area (Å²) in [5, 5.41) is 66.0. The fraction of sp³-hybridized carbons (Fsp3) is 1.00. The molecule has 5 aliphatic rings. The first-order valence-corrected chi connectivity index (χ1v) is 18.2. The van der Waals surface area contributed by atoms with E-state index in [1.807, 2.05) is 13.8 Å². The molecule has 4 aliphatic carbocycles. The molecule has 0 aromatic carbocycles. The lowest BCUT2D eigenvalue weighted by Gasteiger charge is -2.66. The van der Waals surface area contributed by atoms with Gasteiger partial charge in [0.25, 0.3) is 0 Å². The van der Waals surface area contributed by atoms with E-state index in [4.69, 9.17) is 13.7 Å². The molecular weight excluding hydrogens is 608 g/mol. The summed E-state index contributed by atoms with van der Waals surface area (Å²) >= 11 is 0. The normalized spacial score (nSPS) is 50.0. The maximum absolute atomic E-state index is 12.6. The number of hydrogen-bond acceptors (Lipinski definition) is 11. The van der Waals surface area contributed by atoms with E-state index in [-0.39, 0.29) is 60.6 Å². The van der Waals surface area contributed by atoms with Crippen molar-refractivity contribution in [3.8, 4) is 0 Å². The number of aliphatic hydroxyl groups is 6. The van der Waals surface area contributed by atoms with Crippen LogP contribution >= 0.6 is 0 Å². The largest absolute Gasteiger partial charge is 0.397 e. The van der Waals surface area contributed by atoms with Gasteiger partial charge < -0.3 is 40.1 Å². The maximum Gasteiger partial charge on any atom is 0.397 e. The first kappa shape index (κ1) is 35.8. The van der Waals surface area contributed by atoms with Crippen LogP contribution in [0, 0.1) is 46.3 Å². The van der Waals surface area contributed by atoms with Gasteiger partial charge >= 0.3 is 10.4 Å². The van der Waals surface area contributed by atoms with Gasteiger partial charge in [-0.1, -0.05) is 34.6 Å². The Hall–Kier alpha value is -0.450. The summed E-state index contributed by atoms with van der Waals surface area (Å²) in [6, 6.07) is 0. The lowest BCUT2D eigenvalue weighted by atomic mass is 9.42. The van der Waals surface area contributed by atoms with Gasteiger partial charge in [0.05, 0.1) is 36.6 Å². The zero-order valence-electron chi connectivity index (χ0n) is 27.2. The van der Waals surface area contributed by atoms with E-state index >= 15 is 0 Å². The van der Waals surface area contributed by atoms with Crippen molar-refractivity contribution in [2.24, 2.45) is 46.3 Å². The van der Waals surface area contributed by atoms with Crippen LogP contribution in [-0.4, -0.2) is 105 Å². The Balaban J connectivity index is 1.29. The SMILES string of the molecule is CC(C)[C@H](CC[C@@H](C)[C@H]1C[C@H](O)[C@@H]2[C@]1(C)CC[C@@H]1[C@@]3(C)CC[C@H](OS(=O)(=O)O)C[C@@H]3[C@H](O)C[C@]12O)O[C@@H]1OC[C@@H](O)[C@H](O)[C@H]1O. The van der Waals surface area contributed by atoms with Crippen LogP contribution in [0.1, 0.15) is 92.4 Å². The number of aliphatic hydroxyl groups excluding tert-OH is 5. The topological polar surface area (TPSA) is 203 Å². The summed E-state index contributed by atoms with van der Waals surface area (Å²) in [6.45, 7) is 10.3. The van der Waals surface area contributed by atoms with Gasteiger partial charge in [-0.25, -0.2) is 4.18 Å². The summed E-state index contributed by atoms with van der Waals surface area (Å²) in [6.07, 6.45) is -2.73. The summed E-state index contributed by atoms with van der Waals surface area (Å²) in [7, 11) is -4.61. The molecule has 1 saturated heterocycles. The highest BCUT2D eigenvalue weighted by Gasteiger charge is 2.70. The van der Waals surface area contributed by atoms with Gasteiger partial charge in [-0.2, -0.15) is 8.42 Å². The molecule has 7 N–H and O–H groups in total. The standard InChI is InChI=1S/C32H56O12S/c1-16(2)24(43-29-27(37)26(36)23(35)15-42-29)7-6-17(3)19-13-21(33)28-31(19,5)11-9-25-30(4)10-8-18(44-45(39,40)41)12-20(30)22(34)14-32(25,28)38/h16-29,33-38H,6-15H2,1-5H3,(H,39,40,41)/t17-,18+,19-,20-,21+,22-,23-,24+,25-,26+,27-,28-,29+,30+,31-,32+/m1/s1. The molecule has 0 spiro atoms. The first-order valence-electron chi connectivity index (χ1n) is 16.9. The average molecular weight is 665 g/mol. The molecule has 0 aromatic rings. The van der Waals surface area contributed by atoms with Gasteiger partial charge in [0, 0.05) is 12.3 Å². The Morgan fingerprint density at radius 3 is 2.20 bits per heavy atom. The van der Waals surface area contributed by atoms with E-state index in [1.165, 1.54) is 0 Å². The predicted octanol–water partition coefficient (Wildman–Crippen LogP) is 1.79. The summed E-state index contributed by atoms with van der Waals surface area (Å²) < 4.78 is 48.5. The quantitative estimate of drug-likeness (QED) is 0.176. The highest BCUT2D eigenvalue weighted by molar-refractivity contribution is 7.80. The van der Waals surface area contributed by atoms with E-state index < -0.39 is 70.2 Å². The highest BCUT2D eigenvalue weighted by Crippen LogP contribution is 2.70. The molecule has 5 rings (SSSR count). The number of fused-ring (bicyclic) bond motifs is 5. The van der Waals surface area contributed by atoms with Gasteiger partial charge in [0.1, 0.15) is 18.3 Å². The molecule has 45 heavy (non-hydrogen) atoms. The van der Waals surface area contributed by atoms with Crippen LogP contribution in [0.3, 0.4) is 0 Å². The molecule has 0 unspecified atom stereocenters. The van der Waals surface area contributed by atoms with Crippen molar-refractivity contribution in [1.29, 1.82) is 0 Å². The molecule has 0 radical (unpaired) electrons. The molecule has 1 heterocycles. The smallest absolute Gasteiger partial charge is 0.393 e. The van der Waals surface area contributed by atoms with E-state index in [9.17, 15) is 43.6 Å². The lowest BCUT2D eigenvalue weighted by Crippen LogP contribution is -2.68. The van der Waals surface area contributed by atoms with Crippen LogP contribution in [0.25, 0.3) is 0 Å². The van der Waals surface area contributed by atoms with Crippen LogP contribution in [-0.2, 0) is 24.1 Å². The second kappa shape index (κ2) is 12.8. The van der Waals surface area contributed by atoms with Crippen molar-refractivity contribution < 1.29 is 57.3 Å². The van der Waals surface area contributed by atoms with E-state index in [0.717, 1.165) is 19.3 Å². The van der Waals surface area contributed by atoms with Crippen LogP contribution in [0.15, 0.2) is 0 Å². The first-order chi connectivity index (χ1) is 20.8. The Bertz CT molecular complexity index is 1150. The van der Waals surface area contributed by atoms with Crippen LogP contribution in [0.4, 0.5) is 0 Å². The minimum atomic E-state index is -4.61. The zero-order valence-corrected chi connectivity index (χ0v) is 28.1. The average Bonchev–Trinajstić information content (AvgIpc) is 3.21. The molecule has 0 bridgehead atoms. The summed E-state index contributed by atoms with van der Waals surface area (Å²) in [4.78, 5) is 0. The molecule has 0 amide bonds. The van der Waals surface area contributed by atoms with Crippen molar-refractivity contribution in [2.45, 2.75) is 147 Å². The monoisotopic (exact) mass is 664 g/mol. The highest BCUT2D eigenvalue weighted by atomic mass is 32.3. The third kappa shape index (κ3) is 6.50. The molecular formula is C32H56O12S. The number of ether oxygens (including phenoxy) is 2. The van der Waals surface area contributed by atoms with Crippen molar-refractivity contribution >= 4 is 10.4 Å². The third-order valence-electron chi connectivity index (χ3n) is 13.1. The van der Waals surface area contributed by atoms with E-state index in [2.05, 4.69) is 20.8 Å². The van der Waals surface area contributed by atoms with Crippen LogP contribution in [0.5, 0.6) is 0 Å². The number of rotatable bonds is 9. The Labute approximate surface area is 267 Å². The van der Waals surface area contributed by atoms with Crippen LogP contribution in [0.2, 0.25) is 0 Å². The van der Waals surface area contributed by atoms with E-state index in [0.29, 0.717) is 25.7 Å². The van der Waals surface area contributed by atoms with Crippen molar-refractivity contribution in [3.63, 3.8) is 0 Å². The Morgan fingerprint density at radius 2 is 1.56 bits per heavy atom. The minimum absolute atomic E-state index is 0.0982. The van der Waals surface area contributed by atoms with Gasteiger partial charge in [-0.05, 0) is 91.8 Å². The predicted molar refractivity (Wildman–Crippen MR) is 162 cm³/mol. The maximum atomic E-state index is 12.6. The molecule has 4 saturated carbocycles. The summed E-state index contributed by atoms with van der Waals surface area (Å²) in [5.74, 6) is -0.516. The zero-order chi connectivity index (χ0) is 33.3. The lowest BCUT2D eigenvalue weighted by molar-refractivity contribution is -0.287. The van der Waals surface area contributed by atoms with Gasteiger partial charge in [-0.3, -0.25) is 4.55 Å². The Kier molecular flexibility index (Phi) is 10.2. The van der Waals surface area contributed by atoms with Gasteiger partial charge in [0.15, 0.2) is 6.29 Å². The van der Waals surface area contributed by atoms with E-state index in [1.54, 1.807) is 0 Å². The molecule has 5 fully saturated rings. The molecule has 0 aromatic heterocycles.